The molecule has 0 aliphatic rings. The van der Waals surface area contributed by atoms with Crippen LogP contribution in [0, 0.1) is 0 Å². The Kier molecular flexibility index (Phi) is 4.63. The Balaban J connectivity index is 2.32. The largest absolute Gasteiger partial charge is 0.507 e. The van der Waals surface area contributed by atoms with Gasteiger partial charge in [0.15, 0.2) is 0 Å². The van der Waals surface area contributed by atoms with Gasteiger partial charge < -0.3 is 9.84 Å². The molecule has 1 aromatic carbocycles. The summed E-state index contributed by atoms with van der Waals surface area (Å²) < 4.78 is 44.7. The van der Waals surface area contributed by atoms with Gasteiger partial charge in [-0.05, 0) is 31.5 Å². The normalized spacial score (nSPS) is 12.9. The highest BCUT2D eigenvalue weighted by Gasteiger charge is 2.34. The summed E-state index contributed by atoms with van der Waals surface area (Å²) in [4.78, 5) is 11.7. The van der Waals surface area contributed by atoms with Crippen molar-refractivity contribution in [3.63, 3.8) is 0 Å². The van der Waals surface area contributed by atoms with Crippen LogP contribution in [0.15, 0.2) is 30.6 Å². The number of phenolic OH excluding ortho intramolecular Hbond substituents is 1. The number of hydrogen-bond acceptors (Lipinski definition) is 4. The van der Waals surface area contributed by atoms with Gasteiger partial charge in [0.2, 0.25) is 0 Å². The topological polar surface area (TPSA) is 64.3 Å². The van der Waals surface area contributed by atoms with Crippen molar-refractivity contribution in [3.05, 3.63) is 36.2 Å². The third-order valence-electron chi connectivity index (χ3n) is 3.26. The lowest BCUT2D eigenvalue weighted by molar-refractivity contribution is -0.146. The molecule has 2 aromatic rings. The van der Waals surface area contributed by atoms with E-state index in [-0.39, 0.29) is 12.2 Å². The first-order valence-electron chi connectivity index (χ1n) is 6.85. The fraction of sp³-hybridized carbons (Fsp3) is 0.333. The fourth-order valence-corrected chi connectivity index (χ4v) is 2.01. The molecule has 2 rings (SSSR count). The number of hydrogen-bond donors (Lipinski definition) is 1. The number of ether oxygens (including phenoxy) is 1. The van der Waals surface area contributed by atoms with Crippen LogP contribution in [-0.4, -0.2) is 27.5 Å². The van der Waals surface area contributed by atoms with Gasteiger partial charge in [0, 0.05) is 11.8 Å². The zero-order chi connectivity index (χ0) is 17.2. The summed E-state index contributed by atoms with van der Waals surface area (Å²) in [5, 5.41) is 13.3. The number of aromatic hydroxyl groups is 1. The second-order valence-electron chi connectivity index (χ2n) is 4.87. The van der Waals surface area contributed by atoms with Gasteiger partial charge >= 0.3 is 12.1 Å². The summed E-state index contributed by atoms with van der Waals surface area (Å²) in [5.74, 6) is -1.32. The summed E-state index contributed by atoms with van der Waals surface area (Å²) in [5.41, 5.74) is -0.495. The van der Waals surface area contributed by atoms with E-state index < -0.39 is 29.5 Å². The molecule has 0 saturated heterocycles. The van der Waals surface area contributed by atoms with Crippen LogP contribution in [0.1, 0.15) is 25.5 Å². The molecular weight excluding hydrogens is 313 g/mol. The summed E-state index contributed by atoms with van der Waals surface area (Å²) in [6.07, 6.45) is -1.86. The average molecular weight is 328 g/mol. The maximum atomic E-state index is 12.8. The summed E-state index contributed by atoms with van der Waals surface area (Å²) in [7, 11) is 0. The molecular formula is C15H15F3N2O3. The molecule has 0 amide bonds. The number of carbonyl (C=O) groups is 1. The van der Waals surface area contributed by atoms with E-state index in [2.05, 4.69) is 5.10 Å². The van der Waals surface area contributed by atoms with E-state index in [9.17, 15) is 23.1 Å². The number of halogens is 3. The van der Waals surface area contributed by atoms with Crippen LogP contribution >= 0.6 is 0 Å². The van der Waals surface area contributed by atoms with Gasteiger partial charge in [0.05, 0.1) is 18.4 Å². The minimum Gasteiger partial charge on any atom is -0.507 e. The highest BCUT2D eigenvalue weighted by atomic mass is 19.4. The van der Waals surface area contributed by atoms with Crippen LogP contribution in [0.4, 0.5) is 13.2 Å². The van der Waals surface area contributed by atoms with Crippen LogP contribution in [0.2, 0.25) is 0 Å². The molecule has 1 unspecified atom stereocenters. The first-order chi connectivity index (χ1) is 10.7. The second-order valence-corrected chi connectivity index (χ2v) is 4.87. The van der Waals surface area contributed by atoms with Crippen molar-refractivity contribution in [3.8, 4) is 16.9 Å². The van der Waals surface area contributed by atoms with Gasteiger partial charge in [-0.15, -0.1) is 0 Å². The summed E-state index contributed by atoms with van der Waals surface area (Å²) in [6, 6.07) is 2.47. The van der Waals surface area contributed by atoms with E-state index in [0.717, 1.165) is 12.1 Å². The Bertz CT molecular complexity index is 710. The number of phenols is 1. The number of nitrogens with zero attached hydrogens (tertiary/aromatic N) is 2. The van der Waals surface area contributed by atoms with E-state index in [1.807, 2.05) is 0 Å². The summed E-state index contributed by atoms with van der Waals surface area (Å²) >= 11 is 0. The van der Waals surface area contributed by atoms with E-state index >= 15 is 0 Å². The highest BCUT2D eigenvalue weighted by molar-refractivity contribution is 5.74. The lowest BCUT2D eigenvalue weighted by Crippen LogP contribution is -2.19. The first kappa shape index (κ1) is 16.9. The molecule has 1 N–H and O–H groups in total. The van der Waals surface area contributed by atoms with Gasteiger partial charge in [-0.25, -0.2) is 4.79 Å². The number of esters is 1. The Morgan fingerprint density at radius 3 is 2.70 bits per heavy atom. The van der Waals surface area contributed by atoms with E-state index in [1.54, 1.807) is 13.8 Å². The van der Waals surface area contributed by atoms with Gasteiger partial charge in [0.25, 0.3) is 0 Å². The van der Waals surface area contributed by atoms with Crippen molar-refractivity contribution in [2.75, 3.05) is 6.61 Å². The van der Waals surface area contributed by atoms with Gasteiger partial charge in [-0.1, -0.05) is 6.07 Å². The van der Waals surface area contributed by atoms with Crippen molar-refractivity contribution in [2.45, 2.75) is 26.1 Å². The van der Waals surface area contributed by atoms with Gasteiger partial charge in [-0.2, -0.15) is 18.3 Å². The molecule has 0 spiro atoms. The molecule has 0 aliphatic carbocycles. The Labute approximate surface area is 130 Å². The number of benzene rings is 1. The smallest absolute Gasteiger partial charge is 0.419 e. The van der Waals surface area contributed by atoms with Crippen molar-refractivity contribution in [2.24, 2.45) is 0 Å². The van der Waals surface area contributed by atoms with E-state index in [4.69, 9.17) is 4.74 Å². The van der Waals surface area contributed by atoms with Crippen molar-refractivity contribution < 1.29 is 27.8 Å². The van der Waals surface area contributed by atoms with Crippen LogP contribution in [-0.2, 0) is 15.7 Å². The Morgan fingerprint density at radius 2 is 2.09 bits per heavy atom. The van der Waals surface area contributed by atoms with Crippen molar-refractivity contribution in [1.29, 1.82) is 0 Å². The molecule has 0 fully saturated rings. The summed E-state index contributed by atoms with van der Waals surface area (Å²) in [6.45, 7) is 3.48. The SMILES string of the molecule is CCOC(=O)C(C)n1cc(-c2ccc(O)c(C(F)(F)F)c2)cn1. The lowest BCUT2D eigenvalue weighted by atomic mass is 10.1. The molecule has 5 nitrogen and oxygen atoms in total. The number of carbonyl (C=O) groups excluding carboxylic acids is 1. The molecule has 0 bridgehead atoms. The molecule has 1 heterocycles. The monoisotopic (exact) mass is 328 g/mol. The molecule has 0 saturated carbocycles. The van der Waals surface area contributed by atoms with Gasteiger partial charge in [0.1, 0.15) is 11.8 Å². The molecule has 8 heteroatoms. The van der Waals surface area contributed by atoms with Gasteiger partial charge in [-0.3, -0.25) is 4.68 Å². The third kappa shape index (κ3) is 3.64. The number of rotatable bonds is 4. The molecule has 0 aliphatic heterocycles. The van der Waals surface area contributed by atoms with Crippen molar-refractivity contribution in [1.82, 2.24) is 9.78 Å². The number of alkyl halides is 3. The molecule has 0 radical (unpaired) electrons. The quantitative estimate of drug-likeness (QED) is 0.874. The predicted octanol–water partition coefficient (Wildman–Crippen LogP) is 3.40. The second kappa shape index (κ2) is 6.31. The maximum absolute atomic E-state index is 12.8. The Morgan fingerprint density at radius 1 is 1.39 bits per heavy atom. The highest BCUT2D eigenvalue weighted by Crippen LogP contribution is 2.38. The fourth-order valence-electron chi connectivity index (χ4n) is 2.01. The van der Waals surface area contributed by atoms with Crippen LogP contribution < -0.4 is 0 Å². The van der Waals surface area contributed by atoms with Crippen LogP contribution in [0.25, 0.3) is 11.1 Å². The van der Waals surface area contributed by atoms with E-state index in [0.29, 0.717) is 5.56 Å². The molecule has 124 valence electrons. The van der Waals surface area contributed by atoms with E-state index in [1.165, 1.54) is 23.1 Å². The zero-order valence-corrected chi connectivity index (χ0v) is 12.5. The zero-order valence-electron chi connectivity index (χ0n) is 12.5. The predicted molar refractivity (Wildman–Crippen MR) is 75.7 cm³/mol. The molecule has 1 aromatic heterocycles. The number of aromatic nitrogens is 2. The third-order valence-corrected chi connectivity index (χ3v) is 3.26. The standard InChI is InChI=1S/C15H15F3N2O3/c1-3-23-14(22)9(2)20-8-11(7-19-20)10-4-5-13(21)12(6-10)15(16,17)18/h4-9,21H,3H2,1-2H3. The Hall–Kier alpha value is -2.51. The lowest BCUT2D eigenvalue weighted by Gasteiger charge is -2.11. The average Bonchev–Trinajstić information content (AvgIpc) is 2.95. The van der Waals surface area contributed by atoms with Crippen LogP contribution in [0.3, 0.4) is 0 Å². The molecule has 1 atom stereocenters. The minimum atomic E-state index is -4.66. The maximum Gasteiger partial charge on any atom is 0.419 e. The van der Waals surface area contributed by atoms with Crippen molar-refractivity contribution >= 4 is 5.97 Å². The first-order valence-corrected chi connectivity index (χ1v) is 6.85. The molecule has 23 heavy (non-hydrogen) atoms. The minimum absolute atomic E-state index is 0.226. The van der Waals surface area contributed by atoms with Crippen LogP contribution in [0.5, 0.6) is 5.75 Å².